The van der Waals surface area contributed by atoms with Gasteiger partial charge in [0, 0.05) is 38.3 Å². The Morgan fingerprint density at radius 3 is 2.64 bits per heavy atom. The standard InChI is InChI=1S/C16H25FN4.HI/c1-3-21(14-8-9-14)11-10-19-16(18-2)20-12-13-6-4-5-7-15(13)17;/h4-7,14H,3,8-12H2,1-2H3,(H2,18,19,20);1H. The van der Waals surface area contributed by atoms with E-state index in [2.05, 4.69) is 27.4 Å². The largest absolute Gasteiger partial charge is 0.355 e. The lowest BCUT2D eigenvalue weighted by atomic mass is 10.2. The highest BCUT2D eigenvalue weighted by Crippen LogP contribution is 2.25. The normalized spacial score (nSPS) is 14.6. The molecule has 0 bridgehead atoms. The SMILES string of the molecule is CCN(CCNC(=NC)NCc1ccccc1F)C1CC1.I. The van der Waals surface area contributed by atoms with E-state index in [9.17, 15) is 4.39 Å². The lowest BCUT2D eigenvalue weighted by molar-refractivity contribution is 0.282. The highest BCUT2D eigenvalue weighted by atomic mass is 127. The van der Waals surface area contributed by atoms with Gasteiger partial charge in [0.05, 0.1) is 0 Å². The molecule has 0 unspecified atom stereocenters. The van der Waals surface area contributed by atoms with Crippen LogP contribution in [-0.2, 0) is 6.54 Å². The van der Waals surface area contributed by atoms with E-state index >= 15 is 0 Å². The van der Waals surface area contributed by atoms with Gasteiger partial charge in [-0.25, -0.2) is 4.39 Å². The van der Waals surface area contributed by atoms with Crippen molar-refractivity contribution in [3.63, 3.8) is 0 Å². The molecule has 0 aromatic heterocycles. The summed E-state index contributed by atoms with van der Waals surface area (Å²) in [6.07, 6.45) is 2.65. The van der Waals surface area contributed by atoms with Gasteiger partial charge in [-0.1, -0.05) is 25.1 Å². The summed E-state index contributed by atoms with van der Waals surface area (Å²) in [6.45, 7) is 5.59. The smallest absolute Gasteiger partial charge is 0.191 e. The average Bonchev–Trinajstić information content (AvgIpc) is 3.33. The van der Waals surface area contributed by atoms with Gasteiger partial charge in [0.2, 0.25) is 0 Å². The van der Waals surface area contributed by atoms with Crippen LogP contribution in [0.1, 0.15) is 25.3 Å². The van der Waals surface area contributed by atoms with Crippen molar-refractivity contribution in [2.24, 2.45) is 4.99 Å². The Hall–Kier alpha value is -0.890. The minimum Gasteiger partial charge on any atom is -0.355 e. The van der Waals surface area contributed by atoms with E-state index in [0.717, 1.165) is 25.7 Å². The fourth-order valence-electron chi connectivity index (χ4n) is 2.40. The van der Waals surface area contributed by atoms with E-state index < -0.39 is 0 Å². The van der Waals surface area contributed by atoms with Crippen molar-refractivity contribution in [1.29, 1.82) is 0 Å². The summed E-state index contributed by atoms with van der Waals surface area (Å²) in [5.74, 6) is 0.524. The molecule has 1 fully saturated rings. The van der Waals surface area contributed by atoms with Gasteiger partial charge in [-0.3, -0.25) is 9.89 Å². The van der Waals surface area contributed by atoms with Crippen LogP contribution in [0.4, 0.5) is 4.39 Å². The van der Waals surface area contributed by atoms with Gasteiger partial charge in [-0.15, -0.1) is 24.0 Å². The van der Waals surface area contributed by atoms with E-state index in [4.69, 9.17) is 0 Å². The summed E-state index contributed by atoms with van der Waals surface area (Å²) in [4.78, 5) is 6.65. The number of hydrogen-bond donors (Lipinski definition) is 2. The number of likely N-dealkylation sites (N-methyl/N-ethyl adjacent to an activating group) is 1. The van der Waals surface area contributed by atoms with Crippen molar-refractivity contribution >= 4 is 29.9 Å². The molecule has 0 aliphatic heterocycles. The van der Waals surface area contributed by atoms with Gasteiger partial charge in [-0.05, 0) is 25.5 Å². The maximum atomic E-state index is 13.5. The van der Waals surface area contributed by atoms with Gasteiger partial charge in [0.25, 0.3) is 0 Å². The van der Waals surface area contributed by atoms with E-state index in [1.54, 1.807) is 19.2 Å². The monoisotopic (exact) mass is 420 g/mol. The van der Waals surface area contributed by atoms with Crippen molar-refractivity contribution in [1.82, 2.24) is 15.5 Å². The lowest BCUT2D eigenvalue weighted by Crippen LogP contribution is -2.41. The fourth-order valence-corrected chi connectivity index (χ4v) is 2.40. The second-order valence-electron chi connectivity index (χ2n) is 5.30. The minimum absolute atomic E-state index is 0. The Morgan fingerprint density at radius 2 is 2.05 bits per heavy atom. The third-order valence-electron chi connectivity index (χ3n) is 3.79. The number of rotatable bonds is 7. The maximum Gasteiger partial charge on any atom is 0.191 e. The van der Waals surface area contributed by atoms with Gasteiger partial charge in [0.1, 0.15) is 5.82 Å². The summed E-state index contributed by atoms with van der Waals surface area (Å²) >= 11 is 0. The Balaban J connectivity index is 0.00000242. The van der Waals surface area contributed by atoms with Crippen LogP contribution in [0.3, 0.4) is 0 Å². The van der Waals surface area contributed by atoms with Gasteiger partial charge in [0.15, 0.2) is 5.96 Å². The van der Waals surface area contributed by atoms with E-state index in [-0.39, 0.29) is 29.8 Å². The van der Waals surface area contributed by atoms with Crippen LogP contribution in [-0.4, -0.2) is 43.6 Å². The maximum absolute atomic E-state index is 13.5. The number of halogens is 2. The predicted molar refractivity (Wildman–Crippen MR) is 100 cm³/mol. The summed E-state index contributed by atoms with van der Waals surface area (Å²) in [6, 6.07) is 7.57. The third-order valence-corrected chi connectivity index (χ3v) is 3.79. The summed E-state index contributed by atoms with van der Waals surface area (Å²) in [5.41, 5.74) is 0.647. The number of benzene rings is 1. The van der Waals surface area contributed by atoms with Crippen LogP contribution >= 0.6 is 24.0 Å². The van der Waals surface area contributed by atoms with Crippen molar-refractivity contribution in [2.75, 3.05) is 26.7 Å². The van der Waals surface area contributed by atoms with E-state index in [1.165, 1.54) is 18.9 Å². The molecule has 4 nitrogen and oxygen atoms in total. The van der Waals surface area contributed by atoms with Crippen LogP contribution in [0.15, 0.2) is 29.3 Å². The van der Waals surface area contributed by atoms with Crippen molar-refractivity contribution in [3.05, 3.63) is 35.6 Å². The minimum atomic E-state index is -0.189. The van der Waals surface area contributed by atoms with Crippen LogP contribution in [0.25, 0.3) is 0 Å². The molecule has 124 valence electrons. The molecule has 1 aromatic carbocycles. The Kier molecular flexibility index (Phi) is 8.70. The van der Waals surface area contributed by atoms with Crippen LogP contribution in [0.5, 0.6) is 0 Å². The van der Waals surface area contributed by atoms with Gasteiger partial charge in [-0.2, -0.15) is 0 Å². The molecule has 0 saturated heterocycles. The third kappa shape index (κ3) is 6.08. The molecule has 2 N–H and O–H groups in total. The first-order valence-electron chi connectivity index (χ1n) is 7.66. The number of nitrogens with one attached hydrogen (secondary N) is 2. The van der Waals surface area contributed by atoms with Crippen LogP contribution in [0, 0.1) is 5.82 Å². The first-order chi connectivity index (χ1) is 10.2. The molecule has 1 aromatic rings. The zero-order chi connectivity index (χ0) is 15.1. The molecule has 0 atom stereocenters. The topological polar surface area (TPSA) is 39.7 Å². The summed E-state index contributed by atoms with van der Waals surface area (Å²) in [7, 11) is 1.73. The number of hydrogen-bond acceptors (Lipinski definition) is 2. The molecular formula is C16H26FIN4. The fraction of sp³-hybridized carbons (Fsp3) is 0.562. The molecule has 0 amide bonds. The molecule has 1 aliphatic rings. The van der Waals surface area contributed by atoms with Crippen LogP contribution < -0.4 is 10.6 Å². The number of nitrogens with zero attached hydrogens (tertiary/aromatic N) is 2. The average molecular weight is 420 g/mol. The molecule has 0 spiro atoms. The van der Waals surface area contributed by atoms with Crippen molar-refractivity contribution in [3.8, 4) is 0 Å². The van der Waals surface area contributed by atoms with Crippen molar-refractivity contribution in [2.45, 2.75) is 32.4 Å². The molecule has 0 heterocycles. The van der Waals surface area contributed by atoms with E-state index in [0.29, 0.717) is 18.1 Å². The Labute approximate surface area is 149 Å². The van der Waals surface area contributed by atoms with Gasteiger partial charge >= 0.3 is 0 Å². The predicted octanol–water partition coefficient (Wildman–Crippen LogP) is 2.59. The zero-order valence-corrected chi connectivity index (χ0v) is 15.6. The molecule has 1 aliphatic carbocycles. The first kappa shape index (κ1) is 19.2. The van der Waals surface area contributed by atoms with Gasteiger partial charge < -0.3 is 10.6 Å². The Morgan fingerprint density at radius 1 is 1.32 bits per heavy atom. The first-order valence-corrected chi connectivity index (χ1v) is 7.66. The Bertz CT molecular complexity index is 477. The summed E-state index contributed by atoms with van der Waals surface area (Å²) in [5, 5.41) is 6.42. The molecule has 6 heteroatoms. The van der Waals surface area contributed by atoms with Crippen LogP contribution in [0.2, 0.25) is 0 Å². The second-order valence-corrected chi connectivity index (χ2v) is 5.30. The second kappa shape index (κ2) is 9.99. The highest BCUT2D eigenvalue weighted by Gasteiger charge is 2.27. The molecule has 1 saturated carbocycles. The molecular weight excluding hydrogens is 394 g/mol. The summed E-state index contributed by atoms with van der Waals surface area (Å²) < 4.78 is 13.5. The number of aliphatic imine (C=N–C) groups is 1. The lowest BCUT2D eigenvalue weighted by Gasteiger charge is -2.20. The number of guanidine groups is 1. The highest BCUT2D eigenvalue weighted by molar-refractivity contribution is 14.0. The molecule has 0 radical (unpaired) electrons. The van der Waals surface area contributed by atoms with E-state index in [1.807, 2.05) is 6.07 Å². The molecule has 22 heavy (non-hydrogen) atoms. The van der Waals surface area contributed by atoms with Crippen molar-refractivity contribution < 1.29 is 4.39 Å². The molecule has 2 rings (SSSR count). The quantitative estimate of drug-likeness (QED) is 0.405. The zero-order valence-electron chi connectivity index (χ0n) is 13.3.